The summed E-state index contributed by atoms with van der Waals surface area (Å²) >= 11 is 0. The topological polar surface area (TPSA) is 45.5 Å². The molecule has 5 rings (SSSR count). The van der Waals surface area contributed by atoms with E-state index in [4.69, 9.17) is 0 Å². The average Bonchev–Trinajstić information content (AvgIpc) is 3.02. The molecule has 1 aromatic heterocycles. The molecule has 0 bridgehead atoms. The zero-order chi connectivity index (χ0) is 18.5. The number of likely N-dealkylation sites (N-methyl/N-ethyl adjacent to an activating group) is 1. The standard InChI is InChI=1S/C23H22N2O2/c1-24-13-17(23(26)27)10-19-18-8-5-9-20-22(18)16(11-21(19)24)14-25(20)12-15-6-3-2-4-7-15/h2-10,14,17,21H,11-13H2,1H3,(H,26,27)/t17-,21-/m1/s1. The van der Waals surface area contributed by atoms with E-state index in [1.54, 1.807) is 0 Å². The molecule has 4 heteroatoms. The van der Waals surface area contributed by atoms with Crippen LogP contribution in [0.5, 0.6) is 0 Å². The Morgan fingerprint density at radius 1 is 1.15 bits per heavy atom. The number of benzene rings is 2. The molecule has 0 amide bonds. The number of nitrogens with zero attached hydrogens (tertiary/aromatic N) is 2. The van der Waals surface area contributed by atoms with Crippen molar-refractivity contribution in [2.24, 2.45) is 5.92 Å². The summed E-state index contributed by atoms with van der Waals surface area (Å²) in [4.78, 5) is 13.8. The molecular weight excluding hydrogens is 336 g/mol. The van der Waals surface area contributed by atoms with Crippen LogP contribution >= 0.6 is 0 Å². The molecule has 0 unspecified atom stereocenters. The summed E-state index contributed by atoms with van der Waals surface area (Å²) < 4.78 is 2.33. The van der Waals surface area contributed by atoms with Gasteiger partial charge in [0.25, 0.3) is 0 Å². The molecule has 0 spiro atoms. The van der Waals surface area contributed by atoms with Gasteiger partial charge < -0.3 is 9.67 Å². The van der Waals surface area contributed by atoms with Gasteiger partial charge in [0.15, 0.2) is 0 Å². The molecule has 0 radical (unpaired) electrons. The van der Waals surface area contributed by atoms with Gasteiger partial charge in [0.2, 0.25) is 0 Å². The first-order chi connectivity index (χ1) is 13.1. The molecule has 2 aliphatic rings. The lowest BCUT2D eigenvalue weighted by atomic mass is 9.80. The Bertz CT molecular complexity index is 1060. The fraction of sp³-hybridized carbons (Fsp3) is 0.261. The number of carboxylic acid groups (broad SMARTS) is 1. The zero-order valence-electron chi connectivity index (χ0n) is 15.3. The van der Waals surface area contributed by atoms with E-state index in [0.29, 0.717) is 6.54 Å². The Labute approximate surface area is 158 Å². The second-order valence-electron chi connectivity index (χ2n) is 7.69. The first-order valence-corrected chi connectivity index (χ1v) is 9.41. The summed E-state index contributed by atoms with van der Waals surface area (Å²) in [6.07, 6.45) is 5.21. The monoisotopic (exact) mass is 358 g/mol. The van der Waals surface area contributed by atoms with Gasteiger partial charge in [-0.3, -0.25) is 9.69 Å². The van der Waals surface area contributed by atoms with Gasteiger partial charge in [0, 0.05) is 36.2 Å². The van der Waals surface area contributed by atoms with Gasteiger partial charge in [-0.2, -0.15) is 0 Å². The lowest BCUT2D eigenvalue weighted by molar-refractivity contribution is -0.140. The fourth-order valence-electron chi connectivity index (χ4n) is 4.69. The van der Waals surface area contributed by atoms with Crippen molar-refractivity contribution in [3.63, 3.8) is 0 Å². The van der Waals surface area contributed by atoms with Gasteiger partial charge >= 0.3 is 5.97 Å². The molecule has 0 fully saturated rings. The minimum atomic E-state index is -0.743. The Hall–Kier alpha value is -2.85. The minimum absolute atomic E-state index is 0.256. The summed E-state index contributed by atoms with van der Waals surface area (Å²) in [5.41, 5.74) is 6.24. The average molecular weight is 358 g/mol. The molecule has 136 valence electrons. The van der Waals surface area contributed by atoms with Crippen molar-refractivity contribution in [3.8, 4) is 0 Å². The molecule has 2 heterocycles. The molecule has 1 N–H and O–H groups in total. The van der Waals surface area contributed by atoms with Crippen LogP contribution < -0.4 is 0 Å². The summed E-state index contributed by atoms with van der Waals surface area (Å²) in [6, 6.07) is 17.2. The van der Waals surface area contributed by atoms with E-state index in [0.717, 1.165) is 13.0 Å². The quantitative estimate of drug-likeness (QED) is 0.777. The predicted molar refractivity (Wildman–Crippen MR) is 107 cm³/mol. The normalized spacial score (nSPS) is 21.7. The molecular formula is C23H22N2O2. The van der Waals surface area contributed by atoms with Crippen molar-refractivity contribution in [1.29, 1.82) is 0 Å². The highest BCUT2D eigenvalue weighted by atomic mass is 16.4. The molecule has 0 saturated carbocycles. The van der Waals surface area contributed by atoms with Crippen LogP contribution in [0.1, 0.15) is 16.7 Å². The molecule has 2 aromatic carbocycles. The number of aromatic nitrogens is 1. The van der Waals surface area contributed by atoms with Crippen molar-refractivity contribution in [2.45, 2.75) is 19.0 Å². The predicted octanol–water partition coefficient (Wildman–Crippen LogP) is 3.64. The van der Waals surface area contributed by atoms with Gasteiger partial charge in [0.05, 0.1) is 5.92 Å². The van der Waals surface area contributed by atoms with Crippen LogP contribution in [0.3, 0.4) is 0 Å². The lowest BCUT2D eigenvalue weighted by Gasteiger charge is -2.38. The number of aliphatic carboxylic acids is 1. The first-order valence-electron chi connectivity index (χ1n) is 9.41. The van der Waals surface area contributed by atoms with E-state index in [1.165, 1.54) is 33.2 Å². The molecule has 27 heavy (non-hydrogen) atoms. The second kappa shape index (κ2) is 6.10. The first kappa shape index (κ1) is 16.3. The number of hydrogen-bond donors (Lipinski definition) is 1. The molecule has 4 nitrogen and oxygen atoms in total. The summed E-state index contributed by atoms with van der Waals surface area (Å²) in [5, 5.41) is 10.8. The maximum absolute atomic E-state index is 11.6. The number of fused-ring (bicyclic) bond motifs is 2. The van der Waals surface area contributed by atoms with Crippen molar-refractivity contribution < 1.29 is 9.90 Å². The highest BCUT2D eigenvalue weighted by Gasteiger charge is 2.35. The van der Waals surface area contributed by atoms with Crippen molar-refractivity contribution in [2.75, 3.05) is 13.6 Å². The van der Waals surface area contributed by atoms with Gasteiger partial charge in [-0.05, 0) is 41.8 Å². The van der Waals surface area contributed by atoms with Crippen molar-refractivity contribution >= 4 is 22.4 Å². The third-order valence-electron chi connectivity index (χ3n) is 5.98. The van der Waals surface area contributed by atoms with Crippen LogP contribution in [-0.4, -0.2) is 40.2 Å². The van der Waals surface area contributed by atoms with Crippen LogP contribution in [0.25, 0.3) is 16.5 Å². The maximum Gasteiger partial charge on any atom is 0.311 e. The third-order valence-corrected chi connectivity index (χ3v) is 5.98. The van der Waals surface area contributed by atoms with E-state index >= 15 is 0 Å². The van der Waals surface area contributed by atoms with E-state index in [2.05, 4.69) is 58.1 Å². The second-order valence-corrected chi connectivity index (χ2v) is 7.69. The minimum Gasteiger partial charge on any atom is -0.481 e. The molecule has 1 aliphatic heterocycles. The SMILES string of the molecule is CN1C[C@H](C(=O)O)C=C2c3cccc4c3c(cn4Cc3ccccc3)C[C@H]21. The van der Waals surface area contributed by atoms with Gasteiger partial charge in [-0.25, -0.2) is 0 Å². The van der Waals surface area contributed by atoms with Gasteiger partial charge in [-0.1, -0.05) is 48.5 Å². The van der Waals surface area contributed by atoms with Gasteiger partial charge in [-0.15, -0.1) is 0 Å². The largest absolute Gasteiger partial charge is 0.481 e. The zero-order valence-corrected chi connectivity index (χ0v) is 15.3. The Kier molecular flexibility index (Phi) is 3.69. The smallest absolute Gasteiger partial charge is 0.311 e. The Balaban J connectivity index is 1.65. The fourth-order valence-corrected chi connectivity index (χ4v) is 4.69. The number of carbonyl (C=O) groups is 1. The third kappa shape index (κ3) is 2.60. The molecule has 1 aliphatic carbocycles. The van der Waals surface area contributed by atoms with E-state index < -0.39 is 11.9 Å². The number of carboxylic acids is 1. The van der Waals surface area contributed by atoms with Crippen LogP contribution in [0.15, 0.2) is 60.8 Å². The van der Waals surface area contributed by atoms with Crippen molar-refractivity contribution in [3.05, 3.63) is 77.5 Å². The molecule has 2 atom stereocenters. The Morgan fingerprint density at radius 2 is 1.96 bits per heavy atom. The molecule has 3 aromatic rings. The summed E-state index contributed by atoms with van der Waals surface area (Å²) in [7, 11) is 2.04. The number of rotatable bonds is 3. The van der Waals surface area contributed by atoms with Crippen LogP contribution in [-0.2, 0) is 17.8 Å². The summed E-state index contributed by atoms with van der Waals surface area (Å²) in [5.74, 6) is -1.18. The van der Waals surface area contributed by atoms with E-state index in [-0.39, 0.29) is 6.04 Å². The number of hydrogen-bond acceptors (Lipinski definition) is 2. The van der Waals surface area contributed by atoms with Crippen molar-refractivity contribution in [1.82, 2.24) is 9.47 Å². The van der Waals surface area contributed by atoms with Gasteiger partial charge in [0.1, 0.15) is 0 Å². The lowest BCUT2D eigenvalue weighted by Crippen LogP contribution is -2.44. The van der Waals surface area contributed by atoms with E-state index in [1.807, 2.05) is 19.2 Å². The highest BCUT2D eigenvalue weighted by Crippen LogP contribution is 2.41. The highest BCUT2D eigenvalue weighted by molar-refractivity contribution is 5.99. The van der Waals surface area contributed by atoms with Crippen LogP contribution in [0.4, 0.5) is 0 Å². The van der Waals surface area contributed by atoms with Crippen LogP contribution in [0.2, 0.25) is 0 Å². The maximum atomic E-state index is 11.6. The summed E-state index contributed by atoms with van der Waals surface area (Å²) in [6.45, 7) is 1.41. The van der Waals surface area contributed by atoms with E-state index in [9.17, 15) is 9.90 Å². The molecule has 0 saturated heterocycles. The van der Waals surface area contributed by atoms with Crippen LogP contribution in [0, 0.1) is 5.92 Å². The Morgan fingerprint density at radius 3 is 2.74 bits per heavy atom.